The Morgan fingerprint density at radius 1 is 0.913 bits per heavy atom. The van der Waals surface area contributed by atoms with Crippen molar-refractivity contribution >= 4 is 23.4 Å². The van der Waals surface area contributed by atoms with Crippen LogP contribution in [0.15, 0.2) is 124 Å². The third kappa shape index (κ3) is 6.64. The van der Waals surface area contributed by atoms with Crippen LogP contribution in [0.5, 0.6) is 17.2 Å². The van der Waals surface area contributed by atoms with Gasteiger partial charge in [0.15, 0.2) is 16.3 Å². The molecule has 0 saturated carbocycles. The minimum Gasteiger partial charge on any atom is -0.504 e. The molecule has 1 aliphatic rings. The van der Waals surface area contributed by atoms with E-state index in [0.29, 0.717) is 50.9 Å². The fourth-order valence-electron chi connectivity index (χ4n) is 5.23. The summed E-state index contributed by atoms with van der Waals surface area (Å²) in [7, 11) is 0. The molecule has 0 aliphatic carbocycles. The molecule has 0 bridgehead atoms. The summed E-state index contributed by atoms with van der Waals surface area (Å²) in [5, 5.41) is 10.1. The van der Waals surface area contributed by atoms with Crippen LogP contribution < -0.4 is 24.4 Å². The maximum atomic E-state index is 14.1. The first-order valence-corrected chi connectivity index (χ1v) is 15.7. The van der Waals surface area contributed by atoms with Crippen molar-refractivity contribution in [2.45, 2.75) is 33.1 Å². The lowest BCUT2D eigenvalue weighted by molar-refractivity contribution is -0.140. The second-order valence-electron chi connectivity index (χ2n) is 10.6. The van der Waals surface area contributed by atoms with Crippen LogP contribution >= 0.6 is 11.3 Å². The highest BCUT2D eigenvalue weighted by atomic mass is 32.1. The van der Waals surface area contributed by atoms with E-state index in [1.807, 2.05) is 91.9 Å². The Kier molecular flexibility index (Phi) is 9.12. The van der Waals surface area contributed by atoms with Crippen molar-refractivity contribution in [2.75, 3.05) is 6.61 Å². The third-order valence-corrected chi connectivity index (χ3v) is 8.46. The summed E-state index contributed by atoms with van der Waals surface area (Å²) in [4.78, 5) is 32.9. The van der Waals surface area contributed by atoms with Crippen molar-refractivity contribution in [2.24, 2.45) is 4.99 Å². The highest BCUT2D eigenvalue weighted by Gasteiger charge is 2.33. The molecule has 1 N–H and O–H groups in total. The molecular weight excluding hydrogens is 600 g/mol. The molecule has 1 unspecified atom stereocenters. The van der Waals surface area contributed by atoms with E-state index in [9.17, 15) is 14.7 Å². The molecule has 46 heavy (non-hydrogen) atoms. The van der Waals surface area contributed by atoms with Crippen LogP contribution in [0.2, 0.25) is 0 Å². The number of hydrogen-bond donors (Lipinski definition) is 1. The lowest BCUT2D eigenvalue weighted by Crippen LogP contribution is -2.39. The minimum absolute atomic E-state index is 0.0194. The van der Waals surface area contributed by atoms with Crippen LogP contribution in [0, 0.1) is 0 Å². The van der Waals surface area contributed by atoms with E-state index < -0.39 is 12.0 Å². The predicted molar refractivity (Wildman–Crippen MR) is 176 cm³/mol. The number of nitrogens with zero attached hydrogens (tertiary/aromatic N) is 2. The zero-order valence-electron chi connectivity index (χ0n) is 25.4. The van der Waals surface area contributed by atoms with Gasteiger partial charge in [-0.2, -0.15) is 0 Å². The number of ether oxygens (including phenoxy) is 3. The summed E-state index contributed by atoms with van der Waals surface area (Å²) >= 11 is 1.23. The number of allylic oxidation sites excluding steroid dienone is 1. The third-order valence-electron chi connectivity index (χ3n) is 7.48. The van der Waals surface area contributed by atoms with Gasteiger partial charge in [0.2, 0.25) is 0 Å². The number of thiazole rings is 1. The normalized spacial score (nSPS) is 14.4. The fourth-order valence-corrected chi connectivity index (χ4v) is 6.28. The SMILES string of the molecule is CCOc1cc(C=c2sc3n(c2=O)C(c2ccc(OCc4ccccc4)cc2)C(C(=O)OCc2ccccc2)=C(C)N=3)ccc1O. The van der Waals surface area contributed by atoms with Gasteiger partial charge in [0.1, 0.15) is 19.0 Å². The number of phenolic OH excluding ortho intramolecular Hbond substituents is 1. The first-order valence-electron chi connectivity index (χ1n) is 14.9. The summed E-state index contributed by atoms with van der Waals surface area (Å²) in [6.07, 6.45) is 1.73. The number of carbonyl (C=O) groups is 1. The molecule has 0 amide bonds. The molecule has 2 heterocycles. The molecule has 0 spiro atoms. The number of carbonyl (C=O) groups excluding carboxylic acids is 1. The van der Waals surface area contributed by atoms with Gasteiger partial charge < -0.3 is 19.3 Å². The van der Waals surface area contributed by atoms with E-state index in [1.54, 1.807) is 29.7 Å². The van der Waals surface area contributed by atoms with E-state index in [1.165, 1.54) is 17.4 Å². The topological polar surface area (TPSA) is 99.4 Å². The Balaban J connectivity index is 1.38. The molecule has 1 aromatic heterocycles. The lowest BCUT2D eigenvalue weighted by atomic mass is 9.96. The van der Waals surface area contributed by atoms with Crippen LogP contribution in [0.3, 0.4) is 0 Å². The molecule has 0 saturated heterocycles. The monoisotopic (exact) mass is 632 g/mol. The Hall–Kier alpha value is -5.41. The van der Waals surface area contributed by atoms with Crippen molar-refractivity contribution in [3.05, 3.63) is 156 Å². The Morgan fingerprint density at radius 3 is 2.26 bits per heavy atom. The van der Waals surface area contributed by atoms with Gasteiger partial charge in [-0.3, -0.25) is 9.36 Å². The standard InChI is InChI=1S/C37H32N2O6S/c1-3-43-31-20-27(14-19-30(31)40)21-32-35(41)39-34(28-15-17-29(18-16-28)44-22-25-10-6-4-7-11-25)33(24(2)38-37(39)46-32)36(42)45-23-26-12-8-5-9-13-26/h4-21,34,40H,3,22-23H2,1-2H3. The van der Waals surface area contributed by atoms with Crippen molar-refractivity contribution in [3.8, 4) is 17.2 Å². The average Bonchev–Trinajstić information content (AvgIpc) is 3.38. The van der Waals surface area contributed by atoms with Gasteiger partial charge in [-0.15, -0.1) is 0 Å². The Bertz CT molecular complexity index is 2070. The molecule has 0 radical (unpaired) electrons. The van der Waals surface area contributed by atoms with E-state index in [2.05, 4.69) is 0 Å². The molecule has 1 aliphatic heterocycles. The van der Waals surface area contributed by atoms with Gasteiger partial charge in [-0.1, -0.05) is 90.2 Å². The van der Waals surface area contributed by atoms with Crippen molar-refractivity contribution in [1.29, 1.82) is 0 Å². The average molecular weight is 633 g/mol. The highest BCUT2D eigenvalue weighted by molar-refractivity contribution is 7.07. The van der Waals surface area contributed by atoms with Crippen LogP contribution in [0.4, 0.5) is 0 Å². The van der Waals surface area contributed by atoms with Gasteiger partial charge in [0.25, 0.3) is 5.56 Å². The van der Waals surface area contributed by atoms with Crippen molar-refractivity contribution < 1.29 is 24.1 Å². The fraction of sp³-hybridized carbons (Fsp3) is 0.162. The maximum Gasteiger partial charge on any atom is 0.338 e. The number of hydrogen-bond acceptors (Lipinski definition) is 8. The number of aromatic nitrogens is 1. The number of rotatable bonds is 10. The number of phenols is 1. The van der Waals surface area contributed by atoms with E-state index in [4.69, 9.17) is 19.2 Å². The molecule has 5 aromatic rings. The van der Waals surface area contributed by atoms with Gasteiger partial charge in [-0.05, 0) is 66.4 Å². The number of esters is 1. The number of benzene rings is 4. The van der Waals surface area contributed by atoms with Crippen molar-refractivity contribution in [3.63, 3.8) is 0 Å². The van der Waals surface area contributed by atoms with Gasteiger partial charge >= 0.3 is 5.97 Å². The quantitative estimate of drug-likeness (QED) is 0.200. The number of aromatic hydroxyl groups is 1. The zero-order chi connectivity index (χ0) is 32.0. The van der Waals surface area contributed by atoms with Crippen LogP contribution in [-0.2, 0) is 22.7 Å². The lowest BCUT2D eigenvalue weighted by Gasteiger charge is -2.25. The maximum absolute atomic E-state index is 14.1. The minimum atomic E-state index is -0.774. The summed E-state index contributed by atoms with van der Waals surface area (Å²) in [6, 6.07) is 30.8. The van der Waals surface area contributed by atoms with Gasteiger partial charge in [0, 0.05) is 0 Å². The summed E-state index contributed by atoms with van der Waals surface area (Å²) in [6.45, 7) is 4.47. The van der Waals surface area contributed by atoms with E-state index >= 15 is 0 Å². The van der Waals surface area contributed by atoms with Crippen LogP contribution in [0.25, 0.3) is 6.08 Å². The summed E-state index contributed by atoms with van der Waals surface area (Å²) in [5.41, 5.74) is 3.75. The van der Waals surface area contributed by atoms with Crippen LogP contribution in [0.1, 0.15) is 42.1 Å². The highest BCUT2D eigenvalue weighted by Crippen LogP contribution is 2.32. The van der Waals surface area contributed by atoms with E-state index in [-0.39, 0.29) is 23.5 Å². The first kappa shape index (κ1) is 30.6. The number of fused-ring (bicyclic) bond motifs is 1. The van der Waals surface area contributed by atoms with Gasteiger partial charge in [-0.25, -0.2) is 9.79 Å². The molecular formula is C37H32N2O6S. The van der Waals surface area contributed by atoms with Crippen LogP contribution in [-0.4, -0.2) is 22.2 Å². The predicted octanol–water partition coefficient (Wildman–Crippen LogP) is 5.66. The van der Waals surface area contributed by atoms with E-state index in [0.717, 1.165) is 11.1 Å². The Labute approximate surface area is 269 Å². The molecule has 232 valence electrons. The van der Waals surface area contributed by atoms with Gasteiger partial charge in [0.05, 0.1) is 28.5 Å². The molecule has 1 atom stereocenters. The second-order valence-corrected chi connectivity index (χ2v) is 11.7. The molecule has 9 heteroatoms. The molecule has 6 rings (SSSR count). The summed E-state index contributed by atoms with van der Waals surface area (Å²) in [5.74, 6) is 0.460. The largest absolute Gasteiger partial charge is 0.504 e. The zero-order valence-corrected chi connectivity index (χ0v) is 26.2. The molecule has 0 fully saturated rings. The smallest absolute Gasteiger partial charge is 0.338 e. The molecule has 8 nitrogen and oxygen atoms in total. The first-order chi connectivity index (χ1) is 22.4. The summed E-state index contributed by atoms with van der Waals surface area (Å²) < 4.78 is 19.3. The van der Waals surface area contributed by atoms with Crippen molar-refractivity contribution in [1.82, 2.24) is 4.57 Å². The second kappa shape index (κ2) is 13.7. The molecule has 4 aromatic carbocycles. The Morgan fingerprint density at radius 2 is 1.59 bits per heavy atom.